The minimum absolute atomic E-state index is 0.260. The Balaban J connectivity index is 1.60. The predicted octanol–water partition coefficient (Wildman–Crippen LogP) is 1.64. The molecule has 0 spiro atoms. The van der Waals surface area contributed by atoms with Crippen LogP contribution in [0.1, 0.15) is 5.56 Å². The van der Waals surface area contributed by atoms with Crippen LogP contribution in [0.5, 0.6) is 5.75 Å². The molecule has 0 fully saturated rings. The number of methoxy groups -OCH3 is 1. The largest absolute Gasteiger partial charge is 0.495 e. The van der Waals surface area contributed by atoms with E-state index in [1.807, 2.05) is 18.4 Å². The highest BCUT2D eigenvalue weighted by Gasteiger charge is 2.17. The zero-order chi connectivity index (χ0) is 20.1. The number of thiophene rings is 1. The topological polar surface area (TPSA) is 115 Å². The molecule has 2 amide bonds. The highest BCUT2D eigenvalue weighted by Crippen LogP contribution is 2.25. The first-order valence-corrected chi connectivity index (χ1v) is 9.17. The van der Waals surface area contributed by atoms with Crippen molar-refractivity contribution in [3.05, 3.63) is 51.8 Å². The second-order valence-corrected chi connectivity index (χ2v) is 6.81. The van der Waals surface area contributed by atoms with Crippen LogP contribution in [0.15, 0.2) is 45.0 Å². The van der Waals surface area contributed by atoms with Crippen LogP contribution in [0.25, 0.3) is 10.7 Å². The van der Waals surface area contributed by atoms with Crippen LogP contribution in [0.3, 0.4) is 0 Å². The Kier molecular flexibility index (Phi) is 5.90. The van der Waals surface area contributed by atoms with Gasteiger partial charge in [0.15, 0.2) is 5.82 Å². The molecular weight excluding hydrogens is 384 g/mol. The standard InChI is InChI=1S/C18H18N4O5S/c1-11-5-6-13(26-2)12(8-11)20-15(23)9-19-16(24)10-22-17(21-27-18(22)25)14-4-3-7-28-14/h3-8H,9-10H2,1-2H3,(H,19,24)(H,20,23). The Morgan fingerprint density at radius 1 is 1.29 bits per heavy atom. The molecule has 0 saturated carbocycles. The second-order valence-electron chi connectivity index (χ2n) is 5.86. The average molecular weight is 402 g/mol. The third kappa shape index (κ3) is 4.46. The van der Waals surface area contributed by atoms with Crippen molar-refractivity contribution in [2.75, 3.05) is 19.0 Å². The van der Waals surface area contributed by atoms with Crippen LogP contribution < -0.4 is 21.1 Å². The first-order valence-electron chi connectivity index (χ1n) is 8.29. The van der Waals surface area contributed by atoms with Crippen molar-refractivity contribution >= 4 is 28.8 Å². The molecule has 1 aromatic carbocycles. The van der Waals surface area contributed by atoms with Crippen molar-refractivity contribution in [2.24, 2.45) is 0 Å². The first-order chi connectivity index (χ1) is 13.5. The third-order valence-corrected chi connectivity index (χ3v) is 4.67. The number of hydrogen-bond acceptors (Lipinski definition) is 7. The second kappa shape index (κ2) is 8.53. The van der Waals surface area contributed by atoms with E-state index in [9.17, 15) is 14.4 Å². The Morgan fingerprint density at radius 3 is 2.82 bits per heavy atom. The molecule has 3 rings (SSSR count). The molecule has 28 heavy (non-hydrogen) atoms. The van der Waals surface area contributed by atoms with Gasteiger partial charge in [0.05, 0.1) is 24.2 Å². The SMILES string of the molecule is COc1ccc(C)cc1NC(=O)CNC(=O)Cn1c(-c2cccs2)noc1=O. The molecule has 0 aliphatic carbocycles. The van der Waals surface area contributed by atoms with Crippen LogP contribution in [0.4, 0.5) is 5.69 Å². The van der Waals surface area contributed by atoms with Crippen molar-refractivity contribution in [1.82, 2.24) is 15.0 Å². The number of carbonyl (C=O) groups excluding carboxylic acids is 2. The molecule has 146 valence electrons. The zero-order valence-corrected chi connectivity index (χ0v) is 16.0. The molecule has 3 aromatic rings. The lowest BCUT2D eigenvalue weighted by Crippen LogP contribution is -2.36. The fraction of sp³-hybridized carbons (Fsp3) is 0.222. The molecular formula is C18H18N4O5S. The van der Waals surface area contributed by atoms with Crippen LogP contribution in [0.2, 0.25) is 0 Å². The molecule has 2 aromatic heterocycles. The lowest BCUT2D eigenvalue weighted by Gasteiger charge is -2.11. The van der Waals surface area contributed by atoms with Gasteiger partial charge in [-0.1, -0.05) is 17.3 Å². The molecule has 2 heterocycles. The van der Waals surface area contributed by atoms with Crippen LogP contribution in [-0.2, 0) is 16.1 Å². The Labute approximate surface area is 163 Å². The minimum atomic E-state index is -0.743. The number of nitrogens with one attached hydrogen (secondary N) is 2. The molecule has 0 aliphatic rings. The quantitative estimate of drug-likeness (QED) is 0.621. The number of benzene rings is 1. The summed E-state index contributed by atoms with van der Waals surface area (Å²) < 4.78 is 11.0. The zero-order valence-electron chi connectivity index (χ0n) is 15.2. The summed E-state index contributed by atoms with van der Waals surface area (Å²) >= 11 is 1.36. The molecule has 2 N–H and O–H groups in total. The monoisotopic (exact) mass is 402 g/mol. The summed E-state index contributed by atoms with van der Waals surface area (Å²) in [5.41, 5.74) is 1.46. The fourth-order valence-corrected chi connectivity index (χ4v) is 3.20. The summed E-state index contributed by atoms with van der Waals surface area (Å²) in [4.78, 5) is 36.8. The smallest absolute Gasteiger partial charge is 0.442 e. The number of nitrogens with zero attached hydrogens (tertiary/aromatic N) is 2. The fourth-order valence-electron chi connectivity index (χ4n) is 2.48. The van der Waals surface area contributed by atoms with Crippen molar-refractivity contribution in [3.8, 4) is 16.5 Å². The predicted molar refractivity (Wildman–Crippen MR) is 103 cm³/mol. The molecule has 0 atom stereocenters. The minimum Gasteiger partial charge on any atom is -0.495 e. The van der Waals surface area contributed by atoms with Crippen LogP contribution in [0, 0.1) is 6.92 Å². The molecule has 9 nitrogen and oxygen atoms in total. The highest BCUT2D eigenvalue weighted by atomic mass is 32.1. The Bertz CT molecular complexity index is 1040. The molecule has 10 heteroatoms. The highest BCUT2D eigenvalue weighted by molar-refractivity contribution is 7.13. The summed E-state index contributed by atoms with van der Waals surface area (Å²) in [6.45, 7) is 1.32. The van der Waals surface area contributed by atoms with E-state index in [0.29, 0.717) is 16.3 Å². The van der Waals surface area contributed by atoms with Gasteiger partial charge in [0, 0.05) is 0 Å². The lowest BCUT2D eigenvalue weighted by atomic mass is 10.2. The number of rotatable bonds is 7. The summed E-state index contributed by atoms with van der Waals surface area (Å²) in [5, 5.41) is 10.7. The van der Waals surface area contributed by atoms with Gasteiger partial charge in [-0.3, -0.25) is 14.1 Å². The van der Waals surface area contributed by atoms with Gasteiger partial charge >= 0.3 is 5.76 Å². The van der Waals surface area contributed by atoms with Crippen molar-refractivity contribution in [3.63, 3.8) is 0 Å². The van der Waals surface area contributed by atoms with Crippen molar-refractivity contribution in [1.29, 1.82) is 0 Å². The summed E-state index contributed by atoms with van der Waals surface area (Å²) in [7, 11) is 1.50. The maximum absolute atomic E-state index is 12.2. The number of carbonyl (C=O) groups is 2. The summed E-state index contributed by atoms with van der Waals surface area (Å²) in [6, 6.07) is 8.93. The van der Waals surface area contributed by atoms with E-state index in [4.69, 9.17) is 4.74 Å². The van der Waals surface area contributed by atoms with Gasteiger partial charge in [0.1, 0.15) is 12.3 Å². The third-order valence-electron chi connectivity index (χ3n) is 3.80. The number of hydrogen-bond donors (Lipinski definition) is 2. The maximum Gasteiger partial charge on any atom is 0.442 e. The van der Waals surface area contributed by atoms with E-state index < -0.39 is 17.6 Å². The van der Waals surface area contributed by atoms with E-state index in [1.54, 1.807) is 24.3 Å². The molecule has 0 bridgehead atoms. The van der Waals surface area contributed by atoms with Gasteiger partial charge in [0.25, 0.3) is 0 Å². The van der Waals surface area contributed by atoms with Crippen molar-refractivity contribution < 1.29 is 18.8 Å². The Hall–Kier alpha value is -3.40. The van der Waals surface area contributed by atoms with Gasteiger partial charge < -0.3 is 15.4 Å². The van der Waals surface area contributed by atoms with Gasteiger partial charge in [-0.15, -0.1) is 11.3 Å². The van der Waals surface area contributed by atoms with E-state index in [1.165, 1.54) is 18.4 Å². The lowest BCUT2D eigenvalue weighted by molar-refractivity contribution is -0.124. The van der Waals surface area contributed by atoms with E-state index >= 15 is 0 Å². The van der Waals surface area contributed by atoms with E-state index in [-0.39, 0.29) is 18.9 Å². The Morgan fingerprint density at radius 2 is 2.11 bits per heavy atom. The number of ether oxygens (including phenoxy) is 1. The van der Waals surface area contributed by atoms with Gasteiger partial charge in [0.2, 0.25) is 11.8 Å². The van der Waals surface area contributed by atoms with Crippen LogP contribution >= 0.6 is 11.3 Å². The number of aryl methyl sites for hydroxylation is 1. The number of aromatic nitrogens is 2. The summed E-state index contributed by atoms with van der Waals surface area (Å²) in [5.74, 6) is -0.902. The van der Waals surface area contributed by atoms with Gasteiger partial charge in [-0.2, -0.15) is 0 Å². The first kappa shape index (κ1) is 19.4. The number of amides is 2. The van der Waals surface area contributed by atoms with Gasteiger partial charge in [-0.05, 0) is 36.1 Å². The molecule has 0 unspecified atom stereocenters. The van der Waals surface area contributed by atoms with E-state index in [0.717, 1.165) is 10.1 Å². The maximum atomic E-state index is 12.2. The molecule has 0 radical (unpaired) electrons. The molecule has 0 saturated heterocycles. The average Bonchev–Trinajstić information content (AvgIpc) is 3.31. The normalized spacial score (nSPS) is 10.5. The van der Waals surface area contributed by atoms with Gasteiger partial charge in [-0.25, -0.2) is 9.36 Å². The van der Waals surface area contributed by atoms with Crippen molar-refractivity contribution in [2.45, 2.75) is 13.5 Å². The number of anilines is 1. The van der Waals surface area contributed by atoms with Crippen LogP contribution in [-0.4, -0.2) is 35.2 Å². The summed E-state index contributed by atoms with van der Waals surface area (Å²) in [6.07, 6.45) is 0. The van der Waals surface area contributed by atoms with E-state index in [2.05, 4.69) is 20.3 Å². The molecule has 0 aliphatic heterocycles.